The van der Waals surface area contributed by atoms with Crippen LogP contribution in [-0.2, 0) is 16.0 Å². The van der Waals surface area contributed by atoms with E-state index in [1.807, 2.05) is 73.7 Å². The molecule has 7 nitrogen and oxygen atoms in total. The van der Waals surface area contributed by atoms with Crippen LogP contribution in [0.4, 0.5) is 0 Å². The van der Waals surface area contributed by atoms with E-state index in [0.29, 0.717) is 24.2 Å². The molecule has 0 bridgehead atoms. The Labute approximate surface area is 234 Å². The van der Waals surface area contributed by atoms with Gasteiger partial charge in [-0.1, -0.05) is 60.7 Å². The molecule has 1 saturated heterocycles. The third-order valence-corrected chi connectivity index (χ3v) is 7.08. The first kappa shape index (κ1) is 27.1. The van der Waals surface area contributed by atoms with Gasteiger partial charge in [-0.05, 0) is 78.5 Å². The maximum atomic E-state index is 13.0. The van der Waals surface area contributed by atoms with E-state index in [-0.39, 0.29) is 23.8 Å². The predicted octanol–water partition coefficient (Wildman–Crippen LogP) is 5.23. The predicted molar refractivity (Wildman–Crippen MR) is 156 cm³/mol. The summed E-state index contributed by atoms with van der Waals surface area (Å²) in [5.41, 5.74) is 2.94. The average molecular weight is 536 g/mol. The van der Waals surface area contributed by atoms with Crippen LogP contribution in [0, 0.1) is 5.41 Å². The van der Waals surface area contributed by atoms with Gasteiger partial charge in [0.25, 0.3) is 5.91 Å². The van der Waals surface area contributed by atoms with Crippen molar-refractivity contribution in [3.63, 3.8) is 0 Å². The summed E-state index contributed by atoms with van der Waals surface area (Å²) in [7, 11) is 0. The minimum absolute atomic E-state index is 0.0289. The van der Waals surface area contributed by atoms with E-state index in [2.05, 4.69) is 10.6 Å². The zero-order valence-corrected chi connectivity index (χ0v) is 22.5. The van der Waals surface area contributed by atoms with Crippen molar-refractivity contribution in [1.82, 2.24) is 10.6 Å². The van der Waals surface area contributed by atoms with Gasteiger partial charge in [0.1, 0.15) is 17.7 Å². The molecule has 0 radical (unpaired) electrons. The van der Waals surface area contributed by atoms with Crippen LogP contribution < -0.4 is 15.4 Å². The van der Waals surface area contributed by atoms with Gasteiger partial charge in [0.2, 0.25) is 0 Å². The molecule has 4 aromatic rings. The number of rotatable bonds is 9. The Hall–Kier alpha value is -4.49. The quantitative estimate of drug-likeness (QED) is 0.155. The van der Waals surface area contributed by atoms with Crippen molar-refractivity contribution in [2.45, 2.75) is 31.8 Å². The summed E-state index contributed by atoms with van der Waals surface area (Å²) in [5.74, 6) is -0.240. The minimum atomic E-state index is -0.466. The summed E-state index contributed by atoms with van der Waals surface area (Å²) in [6.07, 6.45) is 1.62. The lowest BCUT2D eigenvalue weighted by Crippen LogP contribution is -2.30. The van der Waals surface area contributed by atoms with E-state index in [1.54, 1.807) is 24.3 Å². The molecule has 0 unspecified atom stereocenters. The lowest BCUT2D eigenvalue weighted by molar-refractivity contribution is -0.144. The molecular weight excluding hydrogens is 502 g/mol. The molecule has 1 amide bonds. The molecule has 1 fully saturated rings. The second-order valence-electron chi connectivity index (χ2n) is 9.90. The number of ether oxygens (including phenoxy) is 2. The number of carbonyl (C=O) groups is 2. The number of hydrogen-bond donors (Lipinski definition) is 3. The van der Waals surface area contributed by atoms with Gasteiger partial charge in [0.05, 0.1) is 12.5 Å². The van der Waals surface area contributed by atoms with Gasteiger partial charge in [-0.15, -0.1) is 0 Å². The van der Waals surface area contributed by atoms with Crippen molar-refractivity contribution in [3.8, 4) is 5.75 Å². The Morgan fingerprint density at radius 3 is 2.45 bits per heavy atom. The zero-order chi connectivity index (χ0) is 27.9. The average Bonchev–Trinajstić information content (AvgIpc) is 3.49. The zero-order valence-electron chi connectivity index (χ0n) is 22.5. The highest BCUT2D eigenvalue weighted by Crippen LogP contribution is 2.28. The van der Waals surface area contributed by atoms with Crippen molar-refractivity contribution < 1.29 is 19.1 Å². The number of nitrogens with one attached hydrogen (secondary N) is 3. The van der Waals surface area contributed by atoms with Crippen molar-refractivity contribution in [3.05, 3.63) is 113 Å². The molecule has 0 spiro atoms. The van der Waals surface area contributed by atoms with Crippen LogP contribution in [0.25, 0.3) is 10.8 Å². The monoisotopic (exact) mass is 535 g/mol. The van der Waals surface area contributed by atoms with E-state index in [4.69, 9.17) is 14.9 Å². The molecular formula is C33H33N3O4. The van der Waals surface area contributed by atoms with E-state index in [0.717, 1.165) is 47.2 Å². The summed E-state index contributed by atoms with van der Waals surface area (Å²) in [6, 6.07) is 28.2. The standard InChI is InChI=1S/C33H33N3O4/c1-2-39-33(38)30(24-12-14-28(15-13-24)40-29-16-17-35-21-29)19-22-8-9-23-10-11-26(20-27(23)18-22)31(34)36-32(37)25-6-4-3-5-7-25/h3-15,18,20,29-30,35H,2,16-17,19,21H2,1H3,(H2,34,36,37)/t29-,30-/m0/s1. The van der Waals surface area contributed by atoms with Crippen LogP contribution in [-0.4, -0.2) is 43.5 Å². The van der Waals surface area contributed by atoms with E-state index >= 15 is 0 Å². The lowest BCUT2D eigenvalue weighted by Gasteiger charge is -2.18. The van der Waals surface area contributed by atoms with Gasteiger partial charge in [0, 0.05) is 17.7 Å². The Balaban J connectivity index is 1.34. The molecule has 4 aromatic carbocycles. The van der Waals surface area contributed by atoms with Gasteiger partial charge in [-0.2, -0.15) is 0 Å². The molecule has 7 heteroatoms. The number of amidine groups is 1. The summed E-state index contributed by atoms with van der Waals surface area (Å²) in [4.78, 5) is 25.5. The fourth-order valence-corrected chi connectivity index (χ4v) is 4.94. The third-order valence-electron chi connectivity index (χ3n) is 7.08. The van der Waals surface area contributed by atoms with Gasteiger partial charge in [0.15, 0.2) is 0 Å². The van der Waals surface area contributed by atoms with E-state index < -0.39 is 5.92 Å². The second kappa shape index (κ2) is 12.6. The third kappa shape index (κ3) is 6.55. The highest BCUT2D eigenvalue weighted by atomic mass is 16.5. The first-order valence-corrected chi connectivity index (χ1v) is 13.6. The number of carbonyl (C=O) groups excluding carboxylic acids is 2. The lowest BCUT2D eigenvalue weighted by atomic mass is 9.91. The Morgan fingerprint density at radius 1 is 0.950 bits per heavy atom. The minimum Gasteiger partial charge on any atom is -0.489 e. The van der Waals surface area contributed by atoms with Crippen molar-refractivity contribution in [2.24, 2.45) is 0 Å². The molecule has 1 aliphatic rings. The maximum absolute atomic E-state index is 13.0. The maximum Gasteiger partial charge on any atom is 0.313 e. The van der Waals surface area contributed by atoms with Crippen molar-refractivity contribution >= 4 is 28.5 Å². The summed E-state index contributed by atoms with van der Waals surface area (Å²) < 4.78 is 11.5. The number of amides is 1. The van der Waals surface area contributed by atoms with Gasteiger partial charge in [-0.25, -0.2) is 0 Å². The highest BCUT2D eigenvalue weighted by molar-refractivity contribution is 6.12. The number of hydrogen-bond acceptors (Lipinski definition) is 6. The molecule has 5 rings (SSSR count). The van der Waals surface area contributed by atoms with E-state index in [9.17, 15) is 9.59 Å². The van der Waals surface area contributed by atoms with Crippen molar-refractivity contribution in [2.75, 3.05) is 19.7 Å². The SMILES string of the molecule is CCOC(=O)[C@@H](Cc1ccc2ccc(C(=N)NC(=O)c3ccccc3)cc2c1)c1ccc(O[C@H]2CCNC2)cc1. The summed E-state index contributed by atoms with van der Waals surface area (Å²) in [6.45, 7) is 3.92. The summed E-state index contributed by atoms with van der Waals surface area (Å²) >= 11 is 0. The topological polar surface area (TPSA) is 101 Å². The van der Waals surface area contributed by atoms with Gasteiger partial charge in [-0.3, -0.25) is 15.0 Å². The van der Waals surface area contributed by atoms with Crippen LogP contribution in [0.2, 0.25) is 0 Å². The molecule has 2 atom stereocenters. The van der Waals surface area contributed by atoms with Crippen LogP contribution in [0.3, 0.4) is 0 Å². The summed E-state index contributed by atoms with van der Waals surface area (Å²) in [5, 5.41) is 16.3. The fraction of sp³-hybridized carbons (Fsp3) is 0.242. The molecule has 0 saturated carbocycles. The molecule has 204 valence electrons. The number of fused-ring (bicyclic) bond motifs is 1. The Morgan fingerprint density at radius 2 is 1.73 bits per heavy atom. The molecule has 0 aliphatic carbocycles. The molecule has 1 heterocycles. The highest BCUT2D eigenvalue weighted by Gasteiger charge is 2.23. The molecule has 3 N–H and O–H groups in total. The Kier molecular flexibility index (Phi) is 8.52. The molecule has 40 heavy (non-hydrogen) atoms. The fourth-order valence-electron chi connectivity index (χ4n) is 4.94. The van der Waals surface area contributed by atoms with Crippen LogP contribution in [0.1, 0.15) is 46.3 Å². The normalized spacial score (nSPS) is 15.4. The van der Waals surface area contributed by atoms with Gasteiger partial charge < -0.3 is 20.1 Å². The van der Waals surface area contributed by atoms with Gasteiger partial charge >= 0.3 is 5.97 Å². The van der Waals surface area contributed by atoms with Crippen LogP contribution in [0.15, 0.2) is 91.0 Å². The molecule has 0 aromatic heterocycles. The second-order valence-corrected chi connectivity index (χ2v) is 9.90. The number of esters is 1. The molecule has 1 aliphatic heterocycles. The van der Waals surface area contributed by atoms with Crippen molar-refractivity contribution in [1.29, 1.82) is 5.41 Å². The Bertz CT molecular complexity index is 1500. The largest absolute Gasteiger partial charge is 0.489 e. The van der Waals surface area contributed by atoms with Crippen LogP contribution >= 0.6 is 0 Å². The first-order valence-electron chi connectivity index (χ1n) is 13.6. The van der Waals surface area contributed by atoms with E-state index in [1.165, 1.54) is 0 Å². The first-order chi connectivity index (χ1) is 19.5. The van der Waals surface area contributed by atoms with Crippen LogP contribution in [0.5, 0.6) is 5.75 Å². The smallest absolute Gasteiger partial charge is 0.313 e. The number of benzene rings is 4.